The van der Waals surface area contributed by atoms with Gasteiger partial charge in [0.2, 0.25) is 11.8 Å². The Hall–Kier alpha value is -2.73. The number of nitrogens with one attached hydrogen (secondary N) is 1. The molecular weight excluding hydrogens is 465 g/mol. The Labute approximate surface area is 221 Å². The van der Waals surface area contributed by atoms with E-state index in [1.165, 1.54) is 5.56 Å². The number of alkyl halides is 1. The summed E-state index contributed by atoms with van der Waals surface area (Å²) in [6.07, 6.45) is 6.50. The average molecular weight is 508 g/mol. The zero-order chi connectivity index (χ0) is 26.2. The van der Waals surface area contributed by atoms with Gasteiger partial charge in [0.25, 0.3) is 0 Å². The summed E-state index contributed by atoms with van der Waals surface area (Å²) in [7, 11) is 0. The van der Waals surface area contributed by atoms with Gasteiger partial charge in [-0.1, -0.05) is 67.8 Å². The summed E-state index contributed by atoms with van der Waals surface area (Å²) in [5, 5.41) is 3.85. The summed E-state index contributed by atoms with van der Waals surface area (Å²) in [5.74, 6) is 0.186. The van der Waals surface area contributed by atoms with Crippen LogP contribution in [-0.2, 0) is 16.0 Å². The highest BCUT2D eigenvalue weighted by molar-refractivity contribution is 5.97. The average Bonchev–Trinajstić information content (AvgIpc) is 2.92. The lowest BCUT2D eigenvalue weighted by Crippen LogP contribution is -2.70. The number of anilines is 1. The lowest BCUT2D eigenvalue weighted by atomic mass is 9.80. The topological polar surface area (TPSA) is 52.7 Å². The van der Waals surface area contributed by atoms with Crippen molar-refractivity contribution in [2.45, 2.75) is 89.9 Å². The van der Waals surface area contributed by atoms with Crippen molar-refractivity contribution in [1.82, 2.24) is 10.2 Å². The van der Waals surface area contributed by atoms with E-state index in [4.69, 9.17) is 0 Å². The van der Waals surface area contributed by atoms with Crippen LogP contribution < -0.4 is 10.2 Å². The van der Waals surface area contributed by atoms with Crippen molar-refractivity contribution in [3.8, 4) is 0 Å². The first kappa shape index (κ1) is 27.3. The van der Waals surface area contributed by atoms with Crippen molar-refractivity contribution in [3.05, 3.63) is 65.7 Å². The number of carbonyl (C=O) groups is 2. The fourth-order valence-corrected chi connectivity index (χ4v) is 6.01. The van der Waals surface area contributed by atoms with Gasteiger partial charge in [0.15, 0.2) is 0 Å². The Bertz CT molecular complexity index is 1010. The van der Waals surface area contributed by atoms with Gasteiger partial charge in [0, 0.05) is 24.7 Å². The number of halogens is 1. The summed E-state index contributed by atoms with van der Waals surface area (Å²) < 4.78 is 12.8. The lowest BCUT2D eigenvalue weighted by Gasteiger charge is -2.51. The number of hydrogen-bond donors (Lipinski definition) is 1. The van der Waals surface area contributed by atoms with Crippen LogP contribution in [0.15, 0.2) is 54.6 Å². The van der Waals surface area contributed by atoms with E-state index in [-0.39, 0.29) is 36.0 Å². The van der Waals surface area contributed by atoms with Gasteiger partial charge in [0.05, 0.1) is 18.6 Å². The second kappa shape index (κ2) is 13.2. The molecule has 2 aromatic carbocycles. The van der Waals surface area contributed by atoms with Crippen LogP contribution in [0.1, 0.15) is 69.4 Å². The first-order valence-electron chi connectivity index (χ1n) is 14.1. The Morgan fingerprint density at radius 3 is 2.51 bits per heavy atom. The van der Waals surface area contributed by atoms with Gasteiger partial charge in [0.1, 0.15) is 6.17 Å². The molecule has 2 aromatic rings. The van der Waals surface area contributed by atoms with Crippen LogP contribution in [0.5, 0.6) is 0 Å². The normalized spacial score (nSPS) is 22.4. The summed E-state index contributed by atoms with van der Waals surface area (Å²) in [4.78, 5) is 31.5. The SMILES string of the molecule is CCC(C1NC2CCCCC2C(=O)N1c1ccc(C)cc1)N(CCc1ccccc1)C(=O)CCCCF. The molecule has 4 unspecified atom stereocenters. The minimum absolute atomic E-state index is 0.0261. The predicted molar refractivity (Wildman–Crippen MR) is 147 cm³/mol. The van der Waals surface area contributed by atoms with Crippen molar-refractivity contribution in [2.75, 3.05) is 18.1 Å². The molecule has 6 heteroatoms. The van der Waals surface area contributed by atoms with E-state index in [1.54, 1.807) is 0 Å². The highest BCUT2D eigenvalue weighted by Gasteiger charge is 2.46. The van der Waals surface area contributed by atoms with E-state index in [1.807, 2.05) is 59.2 Å². The molecule has 0 aromatic heterocycles. The van der Waals surface area contributed by atoms with Crippen LogP contribution in [0.25, 0.3) is 0 Å². The molecule has 0 radical (unpaired) electrons. The second-order valence-electron chi connectivity index (χ2n) is 10.6. The maximum atomic E-state index is 14.0. The smallest absolute Gasteiger partial charge is 0.233 e. The third-order valence-corrected chi connectivity index (χ3v) is 8.06. The van der Waals surface area contributed by atoms with Crippen LogP contribution in [0.3, 0.4) is 0 Å². The molecule has 37 heavy (non-hydrogen) atoms. The third kappa shape index (κ3) is 6.59. The zero-order valence-electron chi connectivity index (χ0n) is 22.4. The number of fused-ring (bicyclic) bond motifs is 1. The van der Waals surface area contributed by atoms with E-state index in [2.05, 4.69) is 24.4 Å². The Balaban J connectivity index is 1.66. The molecule has 2 fully saturated rings. The highest BCUT2D eigenvalue weighted by Crippen LogP contribution is 2.35. The van der Waals surface area contributed by atoms with Gasteiger partial charge in [-0.15, -0.1) is 0 Å². The molecule has 5 nitrogen and oxygen atoms in total. The number of rotatable bonds is 11. The highest BCUT2D eigenvalue weighted by atomic mass is 19.1. The van der Waals surface area contributed by atoms with Crippen LogP contribution in [0.2, 0.25) is 0 Å². The molecule has 0 bridgehead atoms. The maximum Gasteiger partial charge on any atom is 0.233 e. The molecule has 4 rings (SSSR count). The molecule has 1 aliphatic carbocycles. The minimum Gasteiger partial charge on any atom is -0.336 e. The second-order valence-corrected chi connectivity index (χ2v) is 10.6. The van der Waals surface area contributed by atoms with E-state index in [0.717, 1.165) is 43.4 Å². The Morgan fingerprint density at radius 1 is 1.08 bits per heavy atom. The molecule has 2 aliphatic rings. The molecule has 200 valence electrons. The summed E-state index contributed by atoms with van der Waals surface area (Å²) in [6.45, 7) is 4.31. The minimum atomic E-state index is -0.405. The standard InChI is InChI=1S/C31H42FN3O2/c1-3-28(34(29(36)15-9-10-21-32)22-20-24-11-5-4-6-12-24)30-33-27-14-8-7-13-26(27)31(37)35(30)25-18-16-23(2)17-19-25/h4-6,11-12,16-19,26-28,30,33H,3,7-10,13-15,20-22H2,1-2H3. The number of unbranched alkanes of at least 4 members (excludes halogenated alkanes) is 1. The maximum absolute atomic E-state index is 14.0. The third-order valence-electron chi connectivity index (χ3n) is 8.06. The molecular formula is C31H42FN3O2. The van der Waals surface area contributed by atoms with Crippen molar-refractivity contribution in [3.63, 3.8) is 0 Å². The van der Waals surface area contributed by atoms with Crippen LogP contribution in [0.4, 0.5) is 10.1 Å². The van der Waals surface area contributed by atoms with Crippen LogP contribution in [0, 0.1) is 12.8 Å². The van der Waals surface area contributed by atoms with E-state index >= 15 is 0 Å². The van der Waals surface area contributed by atoms with E-state index in [0.29, 0.717) is 32.2 Å². The van der Waals surface area contributed by atoms with E-state index in [9.17, 15) is 14.0 Å². The number of benzene rings is 2. The molecule has 1 heterocycles. The first-order valence-corrected chi connectivity index (χ1v) is 14.1. The Kier molecular flexibility index (Phi) is 9.73. The van der Waals surface area contributed by atoms with Gasteiger partial charge >= 0.3 is 0 Å². The lowest BCUT2D eigenvalue weighted by molar-refractivity contribution is -0.137. The molecule has 1 N–H and O–H groups in total. The molecule has 1 saturated carbocycles. The van der Waals surface area contributed by atoms with Crippen molar-refractivity contribution in [1.29, 1.82) is 0 Å². The molecule has 1 saturated heterocycles. The van der Waals surface area contributed by atoms with Gasteiger partial charge in [-0.25, -0.2) is 0 Å². The van der Waals surface area contributed by atoms with Gasteiger partial charge < -0.3 is 4.90 Å². The molecule has 0 spiro atoms. The van der Waals surface area contributed by atoms with Crippen molar-refractivity contribution >= 4 is 17.5 Å². The summed E-state index contributed by atoms with van der Waals surface area (Å²) in [6, 6.07) is 18.3. The van der Waals surface area contributed by atoms with Gasteiger partial charge in [-0.3, -0.25) is 24.2 Å². The fourth-order valence-electron chi connectivity index (χ4n) is 6.01. The quantitative estimate of drug-likeness (QED) is 0.391. The van der Waals surface area contributed by atoms with Gasteiger partial charge in [-0.05, 0) is 63.1 Å². The number of nitrogens with zero attached hydrogens (tertiary/aromatic N) is 2. The monoisotopic (exact) mass is 507 g/mol. The fraction of sp³-hybridized carbons (Fsp3) is 0.548. The predicted octanol–water partition coefficient (Wildman–Crippen LogP) is 5.81. The molecule has 1 aliphatic heterocycles. The number of hydrogen-bond acceptors (Lipinski definition) is 3. The molecule has 2 amide bonds. The first-order chi connectivity index (χ1) is 18.0. The molecule has 4 atom stereocenters. The van der Waals surface area contributed by atoms with Gasteiger partial charge in [-0.2, -0.15) is 0 Å². The number of aryl methyl sites for hydroxylation is 1. The largest absolute Gasteiger partial charge is 0.336 e. The van der Waals surface area contributed by atoms with E-state index < -0.39 is 6.67 Å². The zero-order valence-corrected chi connectivity index (χ0v) is 22.4. The Morgan fingerprint density at radius 2 is 1.81 bits per heavy atom. The van der Waals surface area contributed by atoms with Crippen LogP contribution in [-0.4, -0.2) is 48.2 Å². The van der Waals surface area contributed by atoms with Crippen molar-refractivity contribution < 1.29 is 14.0 Å². The van der Waals surface area contributed by atoms with Crippen LogP contribution >= 0.6 is 0 Å². The summed E-state index contributed by atoms with van der Waals surface area (Å²) in [5.41, 5.74) is 3.20. The number of amides is 2. The van der Waals surface area contributed by atoms with Crippen molar-refractivity contribution in [2.24, 2.45) is 5.92 Å². The number of carbonyl (C=O) groups excluding carboxylic acids is 2. The summed E-state index contributed by atoms with van der Waals surface area (Å²) >= 11 is 0.